The number of ether oxygens (including phenoxy) is 1. The molecule has 0 aromatic carbocycles. The largest absolute Gasteiger partial charge is 2.00 e. The standard InChI is InChI=1S/C22H41O4Si.3CO.Fe/c1-6-8-10-12-16-22(26-27(3,4)5)18-20(24)14-13-17-21(25-19-23)15-11-9-7-2;3*1-2;/h12,16,21-22H,6-11,13-15,17-18H2,1-5H3;;;;/q-1;;;;+2/b16-12+;;;;/t21-,22+;;;;/m1..../s1. The molecule has 0 N–H and O–H groups in total. The maximum atomic E-state index is 12.4. The molecule has 7 nitrogen and oxygen atoms in total. The maximum absolute atomic E-state index is 12.4. The molecule has 0 aromatic rings. The van der Waals surface area contributed by atoms with Gasteiger partial charge in [0, 0.05) is 12.8 Å². The number of carbonyl (C=O) groups excluding carboxylic acids is 2. The fourth-order valence-electron chi connectivity index (χ4n) is 2.98. The van der Waals surface area contributed by atoms with Crippen LogP contribution >= 0.6 is 0 Å². The number of carbonyl (C=O) groups is 1. The predicted molar refractivity (Wildman–Crippen MR) is 127 cm³/mol. The molecule has 0 unspecified atom stereocenters. The van der Waals surface area contributed by atoms with E-state index in [1.54, 1.807) is 6.47 Å². The molecule has 0 heterocycles. The molecule has 34 heavy (non-hydrogen) atoms. The van der Waals surface area contributed by atoms with Crippen LogP contribution in [-0.2, 0) is 49.8 Å². The van der Waals surface area contributed by atoms with Crippen molar-refractivity contribution >= 4 is 20.6 Å². The Labute approximate surface area is 218 Å². The molecule has 0 aliphatic heterocycles. The second kappa shape index (κ2) is 34.0. The van der Waals surface area contributed by atoms with Gasteiger partial charge in [-0.1, -0.05) is 58.2 Å². The predicted octanol–water partition coefficient (Wildman–Crippen LogP) is 6.00. The first-order chi connectivity index (χ1) is 15.8. The van der Waals surface area contributed by atoms with E-state index in [9.17, 15) is 9.59 Å². The third kappa shape index (κ3) is 35.4. The Hall–Kier alpha value is -1.20. The number of ketones is 1. The molecule has 194 valence electrons. The SMILES string of the molecule is CCCC/C=C/[C@@H](CC(=O)CCC[C@@H](CCCCC)O[C-]=O)O[Si](C)(C)C.[C-]#[O+].[C-]#[O+].[C-]#[O+].[Fe+2]. The Morgan fingerprint density at radius 2 is 1.47 bits per heavy atom. The van der Waals surface area contributed by atoms with Gasteiger partial charge in [-0.15, -0.1) is 0 Å². The van der Waals surface area contributed by atoms with Crippen LogP contribution in [0.5, 0.6) is 0 Å². The van der Waals surface area contributed by atoms with Crippen LogP contribution in [0.1, 0.15) is 84.5 Å². The maximum Gasteiger partial charge on any atom is 2.00 e. The zero-order chi connectivity index (χ0) is 26.5. The Bertz CT molecular complexity index is 525. The van der Waals surface area contributed by atoms with E-state index >= 15 is 0 Å². The fraction of sp³-hybridized carbons (Fsp3) is 0.720. The van der Waals surface area contributed by atoms with Crippen LogP contribution in [0.2, 0.25) is 19.6 Å². The first-order valence-electron chi connectivity index (χ1n) is 11.3. The van der Waals surface area contributed by atoms with Crippen LogP contribution in [0.25, 0.3) is 0 Å². The summed E-state index contributed by atoms with van der Waals surface area (Å²) >= 11 is 0. The van der Waals surface area contributed by atoms with E-state index in [2.05, 4.69) is 65.6 Å². The number of unbranched alkanes of at least 4 members (excludes halogenated alkanes) is 4. The molecule has 0 radical (unpaired) electrons. The Kier molecular flexibility index (Phi) is 42.9. The van der Waals surface area contributed by atoms with Gasteiger partial charge in [0.05, 0.1) is 12.2 Å². The minimum atomic E-state index is -1.70. The summed E-state index contributed by atoms with van der Waals surface area (Å²) in [6.07, 6.45) is 14.0. The van der Waals surface area contributed by atoms with Crippen molar-refractivity contribution < 1.29 is 49.8 Å². The Morgan fingerprint density at radius 1 is 0.941 bits per heavy atom. The topological polar surface area (TPSA) is 112 Å². The van der Waals surface area contributed by atoms with Gasteiger partial charge in [0.2, 0.25) is 0 Å². The molecule has 0 amide bonds. The summed E-state index contributed by atoms with van der Waals surface area (Å²) in [6, 6.07) is 0. The summed E-state index contributed by atoms with van der Waals surface area (Å²) in [7, 11) is -1.70. The molecule has 0 saturated heterocycles. The smallest absolute Gasteiger partial charge is 2.00 e. The Balaban J connectivity index is -0.000000368. The van der Waals surface area contributed by atoms with E-state index in [1.165, 1.54) is 6.42 Å². The zero-order valence-corrected chi connectivity index (χ0v) is 23.4. The van der Waals surface area contributed by atoms with Crippen molar-refractivity contribution in [1.82, 2.24) is 0 Å². The van der Waals surface area contributed by atoms with Gasteiger partial charge in [0.1, 0.15) is 5.78 Å². The molecule has 0 spiro atoms. The van der Waals surface area contributed by atoms with E-state index in [0.29, 0.717) is 12.8 Å². The van der Waals surface area contributed by atoms with Crippen LogP contribution < -0.4 is 0 Å². The van der Waals surface area contributed by atoms with E-state index in [-0.39, 0.29) is 35.1 Å². The van der Waals surface area contributed by atoms with Crippen LogP contribution in [-0.4, -0.2) is 32.8 Å². The molecule has 0 rings (SSSR count). The van der Waals surface area contributed by atoms with Crippen molar-refractivity contribution in [2.75, 3.05) is 0 Å². The normalized spacial score (nSPS) is 11.5. The van der Waals surface area contributed by atoms with Gasteiger partial charge in [-0.2, -0.15) is 0 Å². The van der Waals surface area contributed by atoms with Gasteiger partial charge in [0.25, 0.3) is 0 Å². The second-order valence-corrected chi connectivity index (χ2v) is 12.8. The van der Waals surface area contributed by atoms with Crippen molar-refractivity contribution in [3.05, 3.63) is 32.1 Å². The fourth-order valence-corrected chi connectivity index (χ4v) is 4.05. The number of allylic oxidation sites excluding steroid dienone is 1. The van der Waals surface area contributed by atoms with Crippen molar-refractivity contribution in [2.24, 2.45) is 0 Å². The third-order valence-electron chi connectivity index (χ3n) is 4.34. The van der Waals surface area contributed by atoms with E-state index in [4.69, 9.17) is 23.1 Å². The number of hydrogen-bond acceptors (Lipinski definition) is 4. The average molecular weight is 538 g/mol. The first kappa shape index (κ1) is 42.9. The minimum absolute atomic E-state index is 0. The molecular formula is C25H41FeO7Si+. The molecule has 9 heteroatoms. The van der Waals surface area contributed by atoms with Gasteiger partial charge in [-0.25, -0.2) is 0 Å². The summed E-state index contributed by atoms with van der Waals surface area (Å²) in [5.74, 6) is 0.223. The van der Waals surface area contributed by atoms with Crippen LogP contribution in [0.3, 0.4) is 0 Å². The van der Waals surface area contributed by atoms with Crippen LogP contribution in [0.15, 0.2) is 12.2 Å². The summed E-state index contributed by atoms with van der Waals surface area (Å²) < 4.78 is 33.7. The molecular weight excluding hydrogens is 496 g/mol. The second-order valence-electron chi connectivity index (χ2n) is 8.29. The summed E-state index contributed by atoms with van der Waals surface area (Å²) in [4.78, 5) is 22.9. The zero-order valence-electron chi connectivity index (χ0n) is 21.3. The van der Waals surface area contributed by atoms with E-state index in [0.717, 1.165) is 51.4 Å². The molecule has 0 aromatic heterocycles. The summed E-state index contributed by atoms with van der Waals surface area (Å²) in [5.41, 5.74) is 0. The van der Waals surface area contributed by atoms with Gasteiger partial charge < -0.3 is 14.0 Å². The number of rotatable bonds is 18. The number of hydrogen-bond donors (Lipinski definition) is 0. The van der Waals surface area contributed by atoms with Crippen molar-refractivity contribution in [3.63, 3.8) is 0 Å². The molecule has 2 atom stereocenters. The van der Waals surface area contributed by atoms with Crippen molar-refractivity contribution in [1.29, 1.82) is 0 Å². The molecule has 0 aliphatic rings. The molecule has 0 aliphatic carbocycles. The van der Waals surface area contributed by atoms with Gasteiger partial charge in [-0.3, -0.25) is 4.79 Å². The monoisotopic (exact) mass is 537 g/mol. The molecule has 0 saturated carbocycles. The van der Waals surface area contributed by atoms with E-state index < -0.39 is 8.32 Å². The van der Waals surface area contributed by atoms with Crippen LogP contribution in [0.4, 0.5) is 0 Å². The summed E-state index contributed by atoms with van der Waals surface area (Å²) in [5, 5.41) is 0. The molecule has 0 fully saturated rings. The quantitative estimate of drug-likeness (QED) is 0.0702. The first-order valence-corrected chi connectivity index (χ1v) is 14.7. The van der Waals surface area contributed by atoms with E-state index in [1.807, 2.05) is 0 Å². The summed E-state index contributed by atoms with van der Waals surface area (Å²) in [6.45, 7) is 25.8. The van der Waals surface area contributed by atoms with Gasteiger partial charge >= 0.3 is 51.0 Å². The van der Waals surface area contributed by atoms with Crippen molar-refractivity contribution in [3.8, 4) is 0 Å². The van der Waals surface area contributed by atoms with Gasteiger partial charge in [0.15, 0.2) is 8.32 Å². The number of Topliss-reactive ketones (excluding diaryl/α,β-unsaturated/α-hetero) is 1. The van der Waals surface area contributed by atoms with Crippen LogP contribution in [0, 0.1) is 20.0 Å². The average Bonchev–Trinajstić information content (AvgIpc) is 2.80. The van der Waals surface area contributed by atoms with Gasteiger partial charge in [-0.05, 0) is 51.7 Å². The minimum Gasteiger partial charge on any atom is 2.00 e. The Morgan fingerprint density at radius 3 is 1.94 bits per heavy atom. The third-order valence-corrected chi connectivity index (χ3v) is 5.34. The van der Waals surface area contributed by atoms with Crippen molar-refractivity contribution in [2.45, 2.75) is 116 Å². The molecule has 0 bridgehead atoms.